The predicted molar refractivity (Wildman–Crippen MR) is 109 cm³/mol. The average molecular weight is 363 g/mol. The molecule has 0 saturated heterocycles. The zero-order valence-electron chi connectivity index (χ0n) is 14.5. The minimum absolute atomic E-state index is 0.00497. The molecule has 1 heterocycles. The highest BCUT2D eigenvalue weighted by molar-refractivity contribution is 8.08. The molecule has 1 amide bonds. The fourth-order valence-corrected chi connectivity index (χ4v) is 2.64. The normalized spacial score (nSPS) is 12.1. The van der Waals surface area contributed by atoms with E-state index in [4.69, 9.17) is 5.73 Å². The number of hydrogen-bond donors (Lipinski definition) is 3. The van der Waals surface area contributed by atoms with Gasteiger partial charge in [0.1, 0.15) is 11.6 Å². The first kappa shape index (κ1) is 19.6. The van der Waals surface area contributed by atoms with Crippen LogP contribution in [0, 0.1) is 11.3 Å². The number of nitrogens with one attached hydrogen (secondary N) is 1. The number of amides is 1. The molecule has 1 unspecified atom stereocenters. The maximum absolute atomic E-state index is 12.6. The van der Waals surface area contributed by atoms with Crippen LogP contribution in [0.3, 0.4) is 0 Å². The van der Waals surface area contributed by atoms with Crippen LogP contribution >= 0.6 is 12.5 Å². The number of thiol groups is 1. The summed E-state index contributed by atoms with van der Waals surface area (Å²) in [6.07, 6.45) is 3.13. The number of benzene rings is 1. The van der Waals surface area contributed by atoms with Gasteiger partial charge in [0.15, 0.2) is 0 Å². The van der Waals surface area contributed by atoms with E-state index in [1.165, 1.54) is 6.08 Å². The van der Waals surface area contributed by atoms with Gasteiger partial charge < -0.3 is 11.1 Å². The van der Waals surface area contributed by atoms with E-state index >= 15 is 0 Å². The second kappa shape index (κ2) is 9.69. The number of nitrogen functional groups attached to an aromatic ring is 1. The molecule has 0 aliphatic rings. The molecule has 131 valence electrons. The molecule has 3 N–H and O–H groups in total. The van der Waals surface area contributed by atoms with Crippen LogP contribution in [0.15, 0.2) is 48.0 Å². The summed E-state index contributed by atoms with van der Waals surface area (Å²) < 4.78 is 0. The minimum atomic E-state index is -0.426. The Morgan fingerprint density at radius 2 is 2.12 bits per heavy atom. The van der Waals surface area contributed by atoms with Crippen molar-refractivity contribution in [3.8, 4) is 6.07 Å². The lowest BCUT2D eigenvalue weighted by molar-refractivity contribution is -0.117. The van der Waals surface area contributed by atoms with Crippen LogP contribution in [0.2, 0.25) is 0 Å². The van der Waals surface area contributed by atoms with E-state index in [0.717, 1.165) is 18.4 Å². The van der Waals surface area contributed by atoms with Crippen molar-refractivity contribution in [3.05, 3.63) is 59.3 Å². The minimum Gasteiger partial charge on any atom is -0.399 e. The Kier molecular flexibility index (Phi) is 7.30. The zero-order valence-corrected chi connectivity index (χ0v) is 15.4. The summed E-state index contributed by atoms with van der Waals surface area (Å²) in [7, 11) is 0. The quantitative estimate of drug-likeness (QED) is 0.232. The number of pyridine rings is 1. The van der Waals surface area contributed by atoms with E-state index < -0.39 is 5.91 Å². The Labute approximate surface area is 159 Å². The molecule has 0 spiro atoms. The Bertz CT molecular complexity index is 830. The van der Waals surface area contributed by atoms with E-state index in [9.17, 15) is 10.1 Å². The van der Waals surface area contributed by atoms with Crippen LogP contribution in [-0.4, -0.2) is 17.4 Å². The fraction of sp³-hybridized carbons (Fsp3) is 0.211. The third kappa shape index (κ3) is 5.40. The van der Waals surface area contributed by atoms with Gasteiger partial charge in [0.05, 0.1) is 11.7 Å². The molecule has 5 nitrogen and oxygen atoms in total. The van der Waals surface area contributed by atoms with Gasteiger partial charge in [-0.2, -0.15) is 5.26 Å². The van der Waals surface area contributed by atoms with Crippen LogP contribution in [0.5, 0.6) is 0 Å². The smallest absolute Gasteiger partial charge is 0.262 e. The van der Waals surface area contributed by atoms with Gasteiger partial charge in [-0.3, -0.25) is 9.78 Å². The Morgan fingerprint density at radius 3 is 2.73 bits per heavy atom. The van der Waals surface area contributed by atoms with Gasteiger partial charge in [0, 0.05) is 11.3 Å². The number of anilines is 1. The third-order valence-electron chi connectivity index (χ3n) is 3.80. The first-order valence-corrected chi connectivity index (χ1v) is 8.81. The van der Waals surface area contributed by atoms with Crippen LogP contribution < -0.4 is 16.6 Å². The summed E-state index contributed by atoms with van der Waals surface area (Å²) >= 11 is 4.07. The maximum atomic E-state index is 12.6. The lowest BCUT2D eigenvalue weighted by Crippen LogP contribution is -2.29. The van der Waals surface area contributed by atoms with Crippen molar-refractivity contribution >= 4 is 42.3 Å². The van der Waals surface area contributed by atoms with E-state index in [0.29, 0.717) is 17.0 Å². The molecule has 0 fully saturated rings. The average Bonchev–Trinajstić information content (AvgIpc) is 2.66. The molecule has 7 heteroatoms. The standard InChI is InChI=1S/C19H20BN4OS/c1-2-4-17(13-7-9-15(22)10-8-13)24-19(25)14(12-21)11-16-5-3-6-18(20-26)23-16/h3,5-11,17,26H,2,4,22H2,1H3,(H,24,25)/b14-11+. The van der Waals surface area contributed by atoms with Gasteiger partial charge in [-0.25, -0.2) is 12.5 Å². The van der Waals surface area contributed by atoms with Crippen LogP contribution in [0.4, 0.5) is 5.69 Å². The maximum Gasteiger partial charge on any atom is 0.262 e. The van der Waals surface area contributed by atoms with Crippen LogP contribution in [0.25, 0.3) is 6.08 Å². The predicted octanol–water partition coefficient (Wildman–Crippen LogP) is 2.40. The summed E-state index contributed by atoms with van der Waals surface area (Å²) in [5.41, 5.74) is 8.54. The summed E-state index contributed by atoms with van der Waals surface area (Å²) in [5.74, 6) is -0.426. The molecule has 2 rings (SSSR count). The Hall–Kier alpha value is -2.72. The second-order valence-electron chi connectivity index (χ2n) is 5.77. The highest BCUT2D eigenvalue weighted by Gasteiger charge is 2.17. The molecular weight excluding hydrogens is 343 g/mol. The van der Waals surface area contributed by atoms with E-state index in [1.54, 1.807) is 36.9 Å². The lowest BCUT2D eigenvalue weighted by atomic mass is 10.0. The summed E-state index contributed by atoms with van der Waals surface area (Å²) in [6, 6.07) is 14.5. The second-order valence-corrected chi connectivity index (χ2v) is 6.03. The van der Waals surface area contributed by atoms with Crippen LogP contribution in [0.1, 0.15) is 37.1 Å². The van der Waals surface area contributed by atoms with Crippen molar-refractivity contribution in [1.82, 2.24) is 10.3 Å². The third-order valence-corrected chi connectivity index (χ3v) is 4.07. The highest BCUT2D eigenvalue weighted by atomic mass is 32.1. The number of aromatic nitrogens is 1. The van der Waals surface area contributed by atoms with Gasteiger partial charge in [-0.05, 0) is 42.3 Å². The van der Waals surface area contributed by atoms with E-state index in [1.807, 2.05) is 25.1 Å². The number of hydrogen-bond acceptors (Lipinski definition) is 5. The van der Waals surface area contributed by atoms with Crippen molar-refractivity contribution in [2.24, 2.45) is 0 Å². The van der Waals surface area contributed by atoms with Gasteiger partial charge >= 0.3 is 0 Å². The van der Waals surface area contributed by atoms with Crippen LogP contribution in [-0.2, 0) is 4.79 Å². The van der Waals surface area contributed by atoms with Gasteiger partial charge in [0.2, 0.25) is 0 Å². The SMILES string of the molecule is CCCC(NC(=O)/C(C#N)=C/c1cccc([B]S)n1)c1ccc(N)cc1. The number of rotatable bonds is 7. The molecule has 1 aromatic heterocycles. The van der Waals surface area contributed by atoms with E-state index in [-0.39, 0.29) is 11.6 Å². The van der Waals surface area contributed by atoms with Crippen molar-refractivity contribution in [2.45, 2.75) is 25.8 Å². The number of nitrogens with zero attached hydrogens (tertiary/aromatic N) is 2. The summed E-state index contributed by atoms with van der Waals surface area (Å²) in [4.78, 5) is 16.9. The van der Waals surface area contributed by atoms with Gasteiger partial charge in [-0.1, -0.05) is 31.5 Å². The lowest BCUT2D eigenvalue weighted by Gasteiger charge is -2.18. The number of nitriles is 1. The zero-order chi connectivity index (χ0) is 18.9. The molecule has 0 aliphatic heterocycles. The molecular formula is C19H20BN4OS. The monoisotopic (exact) mass is 363 g/mol. The Balaban J connectivity index is 2.21. The molecule has 0 aliphatic carbocycles. The molecule has 2 aromatic rings. The molecule has 26 heavy (non-hydrogen) atoms. The molecule has 0 saturated carbocycles. The summed E-state index contributed by atoms with van der Waals surface area (Å²) in [5, 5.41) is 12.3. The summed E-state index contributed by atoms with van der Waals surface area (Å²) in [6.45, 7) is 3.60. The molecule has 0 bridgehead atoms. The van der Waals surface area contributed by atoms with Gasteiger partial charge in [-0.15, -0.1) is 0 Å². The largest absolute Gasteiger partial charge is 0.399 e. The number of nitrogens with two attached hydrogens (primary N) is 1. The topological polar surface area (TPSA) is 91.8 Å². The van der Waals surface area contributed by atoms with Crippen molar-refractivity contribution in [2.75, 3.05) is 5.73 Å². The van der Waals surface area contributed by atoms with Crippen molar-refractivity contribution in [3.63, 3.8) is 0 Å². The van der Waals surface area contributed by atoms with Crippen molar-refractivity contribution < 1.29 is 4.79 Å². The first-order valence-electron chi connectivity index (χ1n) is 8.30. The number of carbonyl (C=O) groups excluding carboxylic acids is 1. The first-order chi connectivity index (χ1) is 12.6. The van der Waals surface area contributed by atoms with Crippen molar-refractivity contribution in [1.29, 1.82) is 5.26 Å². The van der Waals surface area contributed by atoms with Gasteiger partial charge in [0.25, 0.3) is 12.5 Å². The molecule has 1 aromatic carbocycles. The highest BCUT2D eigenvalue weighted by Crippen LogP contribution is 2.20. The van der Waals surface area contributed by atoms with E-state index in [2.05, 4.69) is 22.8 Å². The molecule has 1 radical (unpaired) electrons. The fourth-order valence-electron chi connectivity index (χ4n) is 2.49. The Morgan fingerprint density at radius 1 is 1.38 bits per heavy atom. The number of carbonyl (C=O) groups is 1. The molecule has 1 atom stereocenters.